The van der Waals surface area contributed by atoms with Crippen molar-refractivity contribution in [3.05, 3.63) is 83.9 Å². The van der Waals surface area contributed by atoms with Gasteiger partial charge in [0.1, 0.15) is 17.5 Å². The molecule has 2 saturated heterocycles. The van der Waals surface area contributed by atoms with Crippen LogP contribution in [0.5, 0.6) is 5.75 Å². The summed E-state index contributed by atoms with van der Waals surface area (Å²) in [5.74, 6) is 1.33. The molecule has 2 fully saturated rings. The van der Waals surface area contributed by atoms with Gasteiger partial charge in [-0.1, -0.05) is 0 Å². The van der Waals surface area contributed by atoms with E-state index >= 15 is 0 Å². The minimum Gasteiger partial charge on any atom is -0.489 e. The van der Waals surface area contributed by atoms with E-state index in [1.807, 2.05) is 24.5 Å². The van der Waals surface area contributed by atoms with Crippen LogP contribution in [0.3, 0.4) is 0 Å². The maximum atomic E-state index is 12.8. The minimum absolute atomic E-state index is 0.000324. The van der Waals surface area contributed by atoms with Gasteiger partial charge in [-0.3, -0.25) is 14.7 Å². The lowest BCUT2D eigenvalue weighted by Gasteiger charge is -2.39. The fraction of sp³-hybridized carbons (Fsp3) is 0.433. The zero-order valence-electron chi connectivity index (χ0n) is 21.8. The highest BCUT2D eigenvalue weighted by molar-refractivity contribution is 5.94. The Morgan fingerprint density at radius 1 is 0.974 bits per heavy atom. The molecule has 5 rings (SSSR count). The number of ether oxygens (including phenoxy) is 1. The molecular weight excluding hydrogens is 505 g/mol. The van der Waals surface area contributed by atoms with Crippen molar-refractivity contribution in [1.29, 1.82) is 0 Å². The van der Waals surface area contributed by atoms with Crippen molar-refractivity contribution in [1.82, 2.24) is 14.9 Å². The van der Waals surface area contributed by atoms with E-state index in [1.54, 1.807) is 18.3 Å². The molecule has 0 spiro atoms. The van der Waals surface area contributed by atoms with Gasteiger partial charge in [0.2, 0.25) is 0 Å². The fourth-order valence-electron chi connectivity index (χ4n) is 5.31. The van der Waals surface area contributed by atoms with E-state index in [2.05, 4.69) is 19.8 Å². The predicted molar refractivity (Wildman–Crippen MR) is 143 cm³/mol. The molecule has 9 heteroatoms. The molecule has 1 aromatic carbocycles. The highest BCUT2D eigenvalue weighted by Crippen LogP contribution is 2.31. The number of pyridine rings is 2. The van der Waals surface area contributed by atoms with Gasteiger partial charge >= 0.3 is 6.18 Å². The molecule has 2 aliphatic rings. The Balaban J connectivity index is 0.993. The van der Waals surface area contributed by atoms with Crippen LogP contribution in [0.2, 0.25) is 0 Å². The second-order valence-corrected chi connectivity index (χ2v) is 10.5. The molecule has 0 unspecified atom stereocenters. The first-order valence-corrected chi connectivity index (χ1v) is 13.5. The summed E-state index contributed by atoms with van der Waals surface area (Å²) >= 11 is 0. The lowest BCUT2D eigenvalue weighted by Crippen LogP contribution is -2.45. The number of carbonyl (C=O) groups is 1. The number of carbonyl (C=O) groups excluding carboxylic acids is 1. The molecule has 39 heavy (non-hydrogen) atoms. The maximum Gasteiger partial charge on any atom is 0.416 e. The van der Waals surface area contributed by atoms with Crippen LogP contribution in [0.25, 0.3) is 0 Å². The van der Waals surface area contributed by atoms with Crippen LogP contribution in [0.4, 0.5) is 18.9 Å². The normalized spacial score (nSPS) is 17.2. The monoisotopic (exact) mass is 538 g/mol. The lowest BCUT2D eigenvalue weighted by molar-refractivity contribution is -0.137. The number of aromatic nitrogens is 2. The Bertz CT molecular complexity index is 1210. The first kappa shape index (κ1) is 27.1. The number of likely N-dealkylation sites (tertiary alicyclic amines) is 1. The summed E-state index contributed by atoms with van der Waals surface area (Å²) in [5.41, 5.74) is 1.89. The molecule has 206 valence electrons. The number of anilines is 1. The van der Waals surface area contributed by atoms with Gasteiger partial charge < -0.3 is 9.64 Å². The number of rotatable bonds is 10. The van der Waals surface area contributed by atoms with Crippen LogP contribution in [0.15, 0.2) is 67.1 Å². The van der Waals surface area contributed by atoms with Crippen LogP contribution < -0.4 is 9.64 Å². The molecule has 0 radical (unpaired) electrons. The third kappa shape index (κ3) is 7.35. The predicted octanol–water partition coefficient (Wildman–Crippen LogP) is 6.03. The van der Waals surface area contributed by atoms with Crippen LogP contribution in [-0.4, -0.2) is 52.9 Å². The number of ketones is 1. The van der Waals surface area contributed by atoms with Crippen molar-refractivity contribution in [3.63, 3.8) is 0 Å². The first-order chi connectivity index (χ1) is 18.8. The zero-order chi connectivity index (χ0) is 27.2. The van der Waals surface area contributed by atoms with Crippen molar-refractivity contribution < 1.29 is 22.7 Å². The summed E-state index contributed by atoms with van der Waals surface area (Å²) < 4.78 is 44.5. The molecule has 6 nitrogen and oxygen atoms in total. The topological polar surface area (TPSA) is 58.6 Å². The smallest absolute Gasteiger partial charge is 0.416 e. The number of Topliss-reactive ketones (excluding diaryl/α,β-unsaturated/α-hetero) is 1. The Morgan fingerprint density at radius 2 is 1.69 bits per heavy atom. The average molecular weight is 539 g/mol. The number of benzene rings is 1. The van der Waals surface area contributed by atoms with Gasteiger partial charge in [-0.15, -0.1) is 0 Å². The summed E-state index contributed by atoms with van der Waals surface area (Å²) in [6.45, 7) is 4.49. The van der Waals surface area contributed by atoms with Gasteiger partial charge in [0.25, 0.3) is 0 Å². The van der Waals surface area contributed by atoms with E-state index in [-0.39, 0.29) is 11.9 Å². The van der Waals surface area contributed by atoms with E-state index in [4.69, 9.17) is 4.74 Å². The second-order valence-electron chi connectivity index (χ2n) is 10.5. The molecule has 2 aliphatic heterocycles. The number of piperidine rings is 1. The molecular formula is C30H33F3N4O2. The minimum atomic E-state index is -4.33. The summed E-state index contributed by atoms with van der Waals surface area (Å²) in [4.78, 5) is 25.5. The molecule has 0 saturated carbocycles. The highest BCUT2D eigenvalue weighted by Gasteiger charge is 2.30. The van der Waals surface area contributed by atoms with Crippen molar-refractivity contribution in [3.8, 4) is 5.75 Å². The lowest BCUT2D eigenvalue weighted by atomic mass is 9.92. The largest absolute Gasteiger partial charge is 0.489 e. The molecule has 0 bridgehead atoms. The van der Waals surface area contributed by atoms with Crippen molar-refractivity contribution in [2.45, 2.75) is 50.9 Å². The molecule has 2 aromatic heterocycles. The molecule has 4 heterocycles. The molecule has 0 N–H and O–H groups in total. The van der Waals surface area contributed by atoms with E-state index in [0.29, 0.717) is 36.9 Å². The Kier molecular flexibility index (Phi) is 8.45. The number of nitrogens with zero attached hydrogens (tertiary/aromatic N) is 4. The first-order valence-electron chi connectivity index (χ1n) is 13.5. The Labute approximate surface area is 226 Å². The number of hydrogen-bond donors (Lipinski definition) is 0. The molecule has 0 aliphatic carbocycles. The Morgan fingerprint density at radius 3 is 2.33 bits per heavy atom. The quantitative estimate of drug-likeness (QED) is 0.294. The van der Waals surface area contributed by atoms with Gasteiger partial charge in [0.15, 0.2) is 5.78 Å². The van der Waals surface area contributed by atoms with E-state index < -0.39 is 11.7 Å². The van der Waals surface area contributed by atoms with Gasteiger partial charge in [-0.2, -0.15) is 13.2 Å². The third-order valence-corrected chi connectivity index (χ3v) is 7.53. The van der Waals surface area contributed by atoms with Gasteiger partial charge in [0, 0.05) is 70.1 Å². The summed E-state index contributed by atoms with van der Waals surface area (Å²) in [6.07, 6.45) is 4.84. The van der Waals surface area contributed by atoms with Crippen LogP contribution in [0, 0.1) is 5.92 Å². The van der Waals surface area contributed by atoms with Crippen molar-refractivity contribution >= 4 is 11.5 Å². The zero-order valence-corrected chi connectivity index (χ0v) is 21.8. The highest BCUT2D eigenvalue weighted by atomic mass is 19.4. The van der Waals surface area contributed by atoms with Crippen LogP contribution in [-0.2, 0) is 12.7 Å². The number of alkyl halides is 3. The van der Waals surface area contributed by atoms with Gasteiger partial charge in [-0.05, 0) is 72.9 Å². The molecule has 0 amide bonds. The summed E-state index contributed by atoms with van der Waals surface area (Å²) in [7, 11) is 0. The fourth-order valence-corrected chi connectivity index (χ4v) is 5.31. The maximum absolute atomic E-state index is 12.8. The van der Waals surface area contributed by atoms with E-state index in [9.17, 15) is 18.0 Å². The summed E-state index contributed by atoms with van der Waals surface area (Å²) in [6, 6.07) is 12.9. The second kappa shape index (κ2) is 12.2. The molecule has 0 atom stereocenters. The van der Waals surface area contributed by atoms with Crippen LogP contribution in [0.1, 0.15) is 53.7 Å². The van der Waals surface area contributed by atoms with Gasteiger partial charge in [-0.25, -0.2) is 4.98 Å². The average Bonchev–Trinajstić information content (AvgIpc) is 2.92. The molecule has 3 aromatic rings. The van der Waals surface area contributed by atoms with Crippen molar-refractivity contribution in [2.24, 2.45) is 5.92 Å². The SMILES string of the molecule is O=C(CCCC1CN(Cc2ccncc2)C1)c1ccc(OC2CCN(c3ccc(C(F)(F)F)cc3)CC2)cn1. The van der Waals surface area contributed by atoms with Gasteiger partial charge in [0.05, 0.1) is 11.8 Å². The standard InChI is InChI=1S/C30H33F3N4O2/c31-30(32,33)24-4-6-25(7-5-24)37-16-12-26(13-17-37)39-27-8-9-28(35-18-27)29(38)3-1-2-23-20-36(21-23)19-22-10-14-34-15-11-22/h4-11,14-15,18,23,26H,1-3,12-13,16-17,19-21H2. The third-order valence-electron chi connectivity index (χ3n) is 7.53. The van der Waals surface area contributed by atoms with Crippen molar-refractivity contribution in [2.75, 3.05) is 31.1 Å². The van der Waals surface area contributed by atoms with Crippen LogP contribution >= 0.6 is 0 Å². The summed E-state index contributed by atoms with van der Waals surface area (Å²) in [5, 5.41) is 0. The number of halogens is 3. The van der Waals surface area contributed by atoms with E-state index in [1.165, 1.54) is 17.7 Å². The van der Waals surface area contributed by atoms with E-state index in [0.717, 1.165) is 63.1 Å². The number of hydrogen-bond acceptors (Lipinski definition) is 6. The Hall–Kier alpha value is -3.46.